The van der Waals surface area contributed by atoms with Crippen LogP contribution in [-0.4, -0.2) is 23.8 Å². The number of rotatable bonds is 3. The Bertz CT molecular complexity index is 372. The van der Waals surface area contributed by atoms with Gasteiger partial charge >= 0.3 is 0 Å². The molecular formula is C14H20FNO. The maximum Gasteiger partial charge on any atom is 0.123 e. The molecule has 1 aromatic rings. The van der Waals surface area contributed by atoms with Crippen LogP contribution in [0.5, 0.6) is 0 Å². The van der Waals surface area contributed by atoms with Crippen molar-refractivity contribution in [2.45, 2.75) is 43.7 Å². The van der Waals surface area contributed by atoms with E-state index in [1.807, 2.05) is 13.1 Å². The Balaban J connectivity index is 1.99. The highest BCUT2D eigenvalue weighted by Gasteiger charge is 2.32. The van der Waals surface area contributed by atoms with Gasteiger partial charge in [-0.25, -0.2) is 4.39 Å². The van der Waals surface area contributed by atoms with Gasteiger partial charge in [0.05, 0.1) is 5.60 Å². The molecule has 17 heavy (non-hydrogen) atoms. The molecule has 3 heteroatoms. The Morgan fingerprint density at radius 3 is 2.71 bits per heavy atom. The van der Waals surface area contributed by atoms with Gasteiger partial charge in [0, 0.05) is 12.5 Å². The summed E-state index contributed by atoms with van der Waals surface area (Å²) in [4.78, 5) is 0. The summed E-state index contributed by atoms with van der Waals surface area (Å²) in [5.74, 6) is -0.227. The van der Waals surface area contributed by atoms with Gasteiger partial charge in [0.1, 0.15) is 5.82 Å². The van der Waals surface area contributed by atoms with Gasteiger partial charge < -0.3 is 10.4 Å². The van der Waals surface area contributed by atoms with Crippen LogP contribution in [0, 0.1) is 5.82 Å². The van der Waals surface area contributed by atoms with Crippen LogP contribution >= 0.6 is 0 Å². The number of hydrogen-bond donors (Lipinski definition) is 2. The summed E-state index contributed by atoms with van der Waals surface area (Å²) >= 11 is 0. The smallest absolute Gasteiger partial charge is 0.123 e. The molecule has 2 nitrogen and oxygen atoms in total. The summed E-state index contributed by atoms with van der Waals surface area (Å²) < 4.78 is 13.1. The predicted octanol–water partition coefficient (Wildman–Crippen LogP) is 2.26. The van der Waals surface area contributed by atoms with Gasteiger partial charge in [-0.3, -0.25) is 0 Å². The largest absolute Gasteiger partial charge is 0.390 e. The van der Waals surface area contributed by atoms with Crippen LogP contribution in [0.15, 0.2) is 24.3 Å². The van der Waals surface area contributed by atoms with Crippen LogP contribution in [0.25, 0.3) is 0 Å². The minimum Gasteiger partial charge on any atom is -0.390 e. The summed E-state index contributed by atoms with van der Waals surface area (Å²) in [6.07, 6.45) is 4.11. The van der Waals surface area contributed by atoms with E-state index >= 15 is 0 Å². The second kappa shape index (κ2) is 5.15. The van der Waals surface area contributed by atoms with Gasteiger partial charge in [-0.1, -0.05) is 12.1 Å². The molecule has 0 amide bonds. The third kappa shape index (κ3) is 3.27. The molecule has 0 unspecified atom stereocenters. The van der Waals surface area contributed by atoms with Crippen molar-refractivity contribution < 1.29 is 9.50 Å². The molecule has 2 N–H and O–H groups in total. The third-order valence-corrected chi connectivity index (χ3v) is 3.75. The first-order valence-electron chi connectivity index (χ1n) is 6.25. The van der Waals surface area contributed by atoms with Crippen molar-refractivity contribution in [1.82, 2.24) is 5.32 Å². The van der Waals surface area contributed by atoms with E-state index in [2.05, 4.69) is 5.32 Å². The normalized spacial score (nSPS) is 29.2. The van der Waals surface area contributed by atoms with Crippen molar-refractivity contribution in [1.29, 1.82) is 0 Å². The summed E-state index contributed by atoms with van der Waals surface area (Å²) in [7, 11) is 1.96. The Morgan fingerprint density at radius 2 is 2.12 bits per heavy atom. The molecule has 0 spiro atoms. The van der Waals surface area contributed by atoms with Crippen LogP contribution < -0.4 is 5.32 Å². The summed E-state index contributed by atoms with van der Waals surface area (Å²) in [6.45, 7) is 0. The van der Waals surface area contributed by atoms with Crippen molar-refractivity contribution in [2.75, 3.05) is 7.05 Å². The molecule has 1 aromatic carbocycles. The Labute approximate surface area is 102 Å². The maximum absolute atomic E-state index is 13.1. The average molecular weight is 237 g/mol. The summed E-state index contributed by atoms with van der Waals surface area (Å²) in [5.41, 5.74) is 0.233. The van der Waals surface area contributed by atoms with Crippen molar-refractivity contribution in [3.8, 4) is 0 Å². The molecule has 94 valence electrons. The van der Waals surface area contributed by atoms with Gasteiger partial charge in [0.25, 0.3) is 0 Å². The Morgan fingerprint density at radius 1 is 1.41 bits per heavy atom. The second-order valence-electron chi connectivity index (χ2n) is 5.09. The van der Waals surface area contributed by atoms with Crippen LogP contribution in [0.1, 0.15) is 31.2 Å². The van der Waals surface area contributed by atoms with Crippen molar-refractivity contribution in [2.24, 2.45) is 0 Å². The van der Waals surface area contributed by atoms with E-state index in [-0.39, 0.29) is 5.82 Å². The lowest BCUT2D eigenvalue weighted by molar-refractivity contribution is -0.00246. The lowest BCUT2D eigenvalue weighted by atomic mass is 9.78. The first kappa shape index (κ1) is 12.5. The highest BCUT2D eigenvalue weighted by atomic mass is 19.1. The Hall–Kier alpha value is -0.930. The molecule has 0 bridgehead atoms. The minimum atomic E-state index is -0.652. The minimum absolute atomic E-state index is 0.227. The fraction of sp³-hybridized carbons (Fsp3) is 0.571. The molecule has 0 aromatic heterocycles. The molecule has 0 atom stereocenters. The predicted molar refractivity (Wildman–Crippen MR) is 66.4 cm³/mol. The van der Waals surface area contributed by atoms with Crippen molar-refractivity contribution in [3.05, 3.63) is 35.6 Å². The highest BCUT2D eigenvalue weighted by molar-refractivity contribution is 5.18. The third-order valence-electron chi connectivity index (χ3n) is 3.75. The van der Waals surface area contributed by atoms with Gasteiger partial charge in [0.15, 0.2) is 0 Å². The monoisotopic (exact) mass is 237 g/mol. The lowest BCUT2D eigenvalue weighted by Gasteiger charge is -2.36. The summed E-state index contributed by atoms with van der Waals surface area (Å²) in [5, 5.41) is 13.7. The number of nitrogens with one attached hydrogen (secondary N) is 1. The quantitative estimate of drug-likeness (QED) is 0.845. The van der Waals surface area contributed by atoms with E-state index in [9.17, 15) is 9.50 Å². The zero-order valence-corrected chi connectivity index (χ0v) is 10.2. The average Bonchev–Trinajstić information content (AvgIpc) is 2.29. The standard InChI is InChI=1S/C14H20FNO/c1-16-13-5-7-14(17,8-6-13)10-11-3-2-4-12(15)9-11/h2-4,9,13,16-17H,5-8,10H2,1H3. The van der Waals surface area contributed by atoms with Crippen LogP contribution in [-0.2, 0) is 6.42 Å². The number of halogens is 1. The molecular weight excluding hydrogens is 217 g/mol. The van der Waals surface area contributed by atoms with Crippen molar-refractivity contribution in [3.63, 3.8) is 0 Å². The van der Waals surface area contributed by atoms with Gasteiger partial charge in [-0.05, 0) is 50.4 Å². The van der Waals surface area contributed by atoms with Gasteiger partial charge in [0.2, 0.25) is 0 Å². The fourth-order valence-corrected chi connectivity index (χ4v) is 2.65. The zero-order valence-electron chi connectivity index (χ0n) is 10.2. The molecule has 0 heterocycles. The van der Waals surface area contributed by atoms with E-state index < -0.39 is 5.60 Å². The SMILES string of the molecule is CNC1CCC(O)(Cc2cccc(F)c2)CC1. The zero-order chi connectivity index (χ0) is 12.3. The highest BCUT2D eigenvalue weighted by Crippen LogP contribution is 2.31. The topological polar surface area (TPSA) is 32.3 Å². The fourth-order valence-electron chi connectivity index (χ4n) is 2.65. The molecule has 0 aliphatic heterocycles. The van der Waals surface area contributed by atoms with Crippen LogP contribution in [0.4, 0.5) is 4.39 Å². The first-order valence-corrected chi connectivity index (χ1v) is 6.25. The van der Waals surface area contributed by atoms with E-state index in [1.165, 1.54) is 12.1 Å². The van der Waals surface area contributed by atoms with E-state index in [0.29, 0.717) is 12.5 Å². The second-order valence-corrected chi connectivity index (χ2v) is 5.09. The van der Waals surface area contributed by atoms with Gasteiger partial charge in [-0.2, -0.15) is 0 Å². The number of aliphatic hydroxyl groups is 1. The Kier molecular flexibility index (Phi) is 3.79. The molecule has 0 saturated heterocycles. The maximum atomic E-state index is 13.1. The van der Waals surface area contributed by atoms with E-state index in [0.717, 1.165) is 31.2 Å². The van der Waals surface area contributed by atoms with Crippen LogP contribution in [0.2, 0.25) is 0 Å². The lowest BCUT2D eigenvalue weighted by Crippen LogP contribution is -2.41. The first-order chi connectivity index (χ1) is 8.11. The van der Waals surface area contributed by atoms with E-state index in [1.54, 1.807) is 6.07 Å². The molecule has 1 fully saturated rings. The molecule has 2 rings (SSSR count). The van der Waals surface area contributed by atoms with Gasteiger partial charge in [-0.15, -0.1) is 0 Å². The number of benzene rings is 1. The number of hydrogen-bond acceptors (Lipinski definition) is 2. The van der Waals surface area contributed by atoms with Crippen molar-refractivity contribution >= 4 is 0 Å². The molecule has 1 aliphatic rings. The molecule has 1 aliphatic carbocycles. The van der Waals surface area contributed by atoms with E-state index in [4.69, 9.17) is 0 Å². The molecule has 0 radical (unpaired) electrons. The summed E-state index contributed by atoms with van der Waals surface area (Å²) in [6, 6.07) is 7.05. The van der Waals surface area contributed by atoms with Crippen LogP contribution in [0.3, 0.4) is 0 Å². The molecule has 1 saturated carbocycles.